The lowest BCUT2D eigenvalue weighted by molar-refractivity contribution is -0.150. The van der Waals surface area contributed by atoms with E-state index >= 15 is 0 Å². The Morgan fingerprint density at radius 1 is 1.35 bits per heavy atom. The molecule has 1 aliphatic carbocycles. The first-order chi connectivity index (χ1) is 7.67. The lowest BCUT2D eigenvalue weighted by Gasteiger charge is -2.08. The van der Waals surface area contributed by atoms with Gasteiger partial charge >= 0.3 is 11.9 Å². The van der Waals surface area contributed by atoms with E-state index in [0.29, 0.717) is 0 Å². The number of carboxylic acid groups (broad SMARTS) is 1. The van der Waals surface area contributed by atoms with Crippen molar-refractivity contribution in [3.63, 3.8) is 0 Å². The first-order valence-electron chi connectivity index (χ1n) is 5.80. The molecule has 2 atom stereocenters. The lowest BCUT2D eigenvalue weighted by atomic mass is 10.1. The Labute approximate surface area is 102 Å². The lowest BCUT2D eigenvalue weighted by Crippen LogP contribution is -2.15. The van der Waals surface area contributed by atoms with Gasteiger partial charge in [-0.3, -0.25) is 4.79 Å². The summed E-state index contributed by atoms with van der Waals surface area (Å²) in [6.45, 7) is 9.06. The molecule has 0 heterocycles. The number of carboxylic acids is 1. The van der Waals surface area contributed by atoms with E-state index in [1.54, 1.807) is 26.8 Å². The maximum atomic E-state index is 11.8. The third kappa shape index (κ3) is 2.87. The first-order valence-corrected chi connectivity index (χ1v) is 5.80. The van der Waals surface area contributed by atoms with E-state index in [2.05, 4.69) is 0 Å². The van der Waals surface area contributed by atoms with E-state index in [9.17, 15) is 9.59 Å². The fraction of sp³-hybridized carbons (Fsp3) is 0.692. The van der Waals surface area contributed by atoms with E-state index in [1.807, 2.05) is 13.8 Å². The molecule has 0 aliphatic heterocycles. The zero-order valence-electron chi connectivity index (χ0n) is 11.0. The number of esters is 1. The van der Waals surface area contributed by atoms with Gasteiger partial charge in [-0.2, -0.15) is 0 Å². The van der Waals surface area contributed by atoms with Crippen molar-refractivity contribution >= 4 is 11.9 Å². The second kappa shape index (κ2) is 4.51. The molecule has 0 radical (unpaired) electrons. The maximum Gasteiger partial charge on any atom is 0.330 e. The van der Waals surface area contributed by atoms with Gasteiger partial charge in [0.15, 0.2) is 0 Å². The second-order valence-electron chi connectivity index (χ2n) is 5.47. The van der Waals surface area contributed by atoms with Crippen LogP contribution in [0.3, 0.4) is 0 Å². The number of hydrogen-bond donors (Lipinski definition) is 1. The highest BCUT2D eigenvalue weighted by Crippen LogP contribution is 2.59. The van der Waals surface area contributed by atoms with Crippen molar-refractivity contribution in [2.75, 3.05) is 0 Å². The summed E-state index contributed by atoms with van der Waals surface area (Å²) in [5, 5.41) is 8.81. The van der Waals surface area contributed by atoms with Gasteiger partial charge in [0.25, 0.3) is 0 Å². The van der Waals surface area contributed by atoms with Gasteiger partial charge in [0.2, 0.25) is 0 Å². The topological polar surface area (TPSA) is 63.6 Å². The van der Waals surface area contributed by atoms with Crippen LogP contribution in [0.1, 0.15) is 34.6 Å². The molecule has 1 N–H and O–H groups in total. The van der Waals surface area contributed by atoms with Crippen LogP contribution in [0, 0.1) is 17.3 Å². The molecule has 2 unspecified atom stereocenters. The average Bonchev–Trinajstić information content (AvgIpc) is 2.66. The molecule has 1 fully saturated rings. The highest BCUT2D eigenvalue weighted by molar-refractivity contribution is 5.86. The van der Waals surface area contributed by atoms with Crippen molar-refractivity contribution in [1.82, 2.24) is 0 Å². The van der Waals surface area contributed by atoms with Gasteiger partial charge in [-0.1, -0.05) is 19.9 Å². The zero-order chi connectivity index (χ0) is 13.4. The smallest absolute Gasteiger partial charge is 0.330 e. The number of hydrogen-bond acceptors (Lipinski definition) is 3. The van der Waals surface area contributed by atoms with Gasteiger partial charge in [-0.25, -0.2) is 4.79 Å². The highest BCUT2D eigenvalue weighted by atomic mass is 16.5. The van der Waals surface area contributed by atoms with Crippen LogP contribution in [0.25, 0.3) is 0 Å². The van der Waals surface area contributed by atoms with Gasteiger partial charge in [0.1, 0.15) is 0 Å². The third-order valence-corrected chi connectivity index (χ3v) is 3.28. The maximum absolute atomic E-state index is 11.8. The number of rotatable bonds is 4. The van der Waals surface area contributed by atoms with Crippen LogP contribution in [0.2, 0.25) is 0 Å². The minimum absolute atomic E-state index is 0.0372. The number of ether oxygens (including phenoxy) is 1. The van der Waals surface area contributed by atoms with Crippen molar-refractivity contribution < 1.29 is 19.4 Å². The Morgan fingerprint density at radius 3 is 2.29 bits per heavy atom. The summed E-state index contributed by atoms with van der Waals surface area (Å²) in [5.74, 6) is -1.43. The minimum atomic E-state index is -0.941. The van der Waals surface area contributed by atoms with E-state index < -0.39 is 5.97 Å². The summed E-state index contributed by atoms with van der Waals surface area (Å²) in [4.78, 5) is 22.5. The second-order valence-corrected chi connectivity index (χ2v) is 5.47. The van der Waals surface area contributed by atoms with Crippen LogP contribution in [0.4, 0.5) is 0 Å². The molecule has 1 rings (SSSR count). The van der Waals surface area contributed by atoms with E-state index in [-0.39, 0.29) is 34.9 Å². The Morgan fingerprint density at radius 2 is 1.88 bits per heavy atom. The summed E-state index contributed by atoms with van der Waals surface area (Å²) in [6, 6.07) is 0. The molecule has 4 heteroatoms. The summed E-state index contributed by atoms with van der Waals surface area (Å²) in [5.41, 5.74) is 0.0748. The molecule has 0 aromatic rings. The summed E-state index contributed by atoms with van der Waals surface area (Å²) < 4.78 is 5.17. The molecule has 1 saturated carbocycles. The van der Waals surface area contributed by atoms with Gasteiger partial charge in [-0.05, 0) is 32.1 Å². The number of aliphatic carboxylic acids is 1. The monoisotopic (exact) mass is 240 g/mol. The molecular formula is C13H20O4. The van der Waals surface area contributed by atoms with E-state index in [0.717, 1.165) is 0 Å². The van der Waals surface area contributed by atoms with Gasteiger partial charge < -0.3 is 9.84 Å². The Balaban J connectivity index is 2.75. The fourth-order valence-corrected chi connectivity index (χ4v) is 2.09. The molecule has 0 saturated heterocycles. The van der Waals surface area contributed by atoms with Crippen molar-refractivity contribution in [3.05, 3.63) is 11.6 Å². The fourth-order valence-electron chi connectivity index (χ4n) is 2.09. The minimum Gasteiger partial charge on any atom is -0.478 e. The first kappa shape index (κ1) is 13.7. The SMILES string of the molecule is C/C(=C\C1C(C(=O)OC(C)C)C1(C)C)C(=O)O. The molecule has 0 bridgehead atoms. The largest absolute Gasteiger partial charge is 0.478 e. The number of carbonyl (C=O) groups excluding carboxylic acids is 1. The molecule has 0 aromatic carbocycles. The standard InChI is InChI=1S/C13H20O4/c1-7(2)17-12(16)10-9(13(10,4)5)6-8(3)11(14)15/h6-7,9-10H,1-5H3,(H,14,15)/b8-6+. The predicted octanol–water partition coefficient (Wildman–Crippen LogP) is 2.24. The predicted molar refractivity (Wildman–Crippen MR) is 63.4 cm³/mol. The molecule has 0 amide bonds. The van der Waals surface area contributed by atoms with Crippen LogP contribution < -0.4 is 0 Å². The summed E-state index contributed by atoms with van der Waals surface area (Å²) >= 11 is 0. The van der Waals surface area contributed by atoms with Gasteiger partial charge in [0, 0.05) is 5.57 Å². The van der Waals surface area contributed by atoms with Crippen molar-refractivity contribution in [1.29, 1.82) is 0 Å². The number of carbonyl (C=O) groups is 2. The molecule has 96 valence electrons. The van der Waals surface area contributed by atoms with E-state index in [1.165, 1.54) is 0 Å². The van der Waals surface area contributed by atoms with Crippen LogP contribution in [-0.4, -0.2) is 23.1 Å². The Kier molecular flexibility index (Phi) is 3.65. The summed E-state index contributed by atoms with van der Waals surface area (Å²) in [6.07, 6.45) is 1.53. The molecule has 4 nitrogen and oxygen atoms in total. The Bertz CT molecular complexity index is 366. The van der Waals surface area contributed by atoms with Crippen LogP contribution >= 0.6 is 0 Å². The van der Waals surface area contributed by atoms with Crippen molar-refractivity contribution in [2.45, 2.75) is 40.7 Å². The molecule has 0 aromatic heterocycles. The van der Waals surface area contributed by atoms with E-state index in [4.69, 9.17) is 9.84 Å². The summed E-state index contributed by atoms with van der Waals surface area (Å²) in [7, 11) is 0. The van der Waals surface area contributed by atoms with Crippen LogP contribution in [-0.2, 0) is 14.3 Å². The normalized spacial score (nSPS) is 26.8. The van der Waals surface area contributed by atoms with Gasteiger partial charge in [0.05, 0.1) is 12.0 Å². The highest BCUT2D eigenvalue weighted by Gasteiger charge is 2.61. The average molecular weight is 240 g/mol. The zero-order valence-corrected chi connectivity index (χ0v) is 11.0. The Hall–Kier alpha value is -1.32. The molecule has 1 aliphatic rings. The van der Waals surface area contributed by atoms with Crippen LogP contribution in [0.15, 0.2) is 11.6 Å². The van der Waals surface area contributed by atoms with Crippen LogP contribution in [0.5, 0.6) is 0 Å². The quantitative estimate of drug-likeness (QED) is 0.604. The molecule has 17 heavy (non-hydrogen) atoms. The van der Waals surface area contributed by atoms with Crippen molar-refractivity contribution in [2.24, 2.45) is 17.3 Å². The molecule has 0 spiro atoms. The number of allylic oxidation sites excluding steroid dienone is 1. The van der Waals surface area contributed by atoms with Crippen molar-refractivity contribution in [3.8, 4) is 0 Å². The third-order valence-electron chi connectivity index (χ3n) is 3.28. The molecular weight excluding hydrogens is 220 g/mol. The van der Waals surface area contributed by atoms with Gasteiger partial charge in [-0.15, -0.1) is 0 Å².